The Bertz CT molecular complexity index is 1130. The normalized spacial score (nSPS) is 14.9. The van der Waals surface area contributed by atoms with Gasteiger partial charge in [-0.05, 0) is 73.0 Å². The second-order valence-electron chi connectivity index (χ2n) is 7.95. The Balaban J connectivity index is 1.27. The van der Waals surface area contributed by atoms with Crippen LogP contribution in [0.25, 0.3) is 0 Å². The van der Waals surface area contributed by atoms with Crippen LogP contribution in [0.1, 0.15) is 28.8 Å². The average Bonchev–Trinajstić information content (AvgIpc) is 3.37. The van der Waals surface area contributed by atoms with Crippen LogP contribution in [0.4, 0.5) is 16.2 Å². The molecule has 0 saturated carbocycles. The zero-order chi connectivity index (χ0) is 23.8. The fourth-order valence-electron chi connectivity index (χ4n) is 3.55. The molecule has 1 aliphatic heterocycles. The standard InChI is InChI=1S/C26H26ClN3O4/c27-20-6-1-4-18(14-20)17-34-23-7-2-5-19(15-23)25(31)29-21-9-11-22(12-10-21)30-26(32)28-16-24-8-3-13-33-24/h1-2,4-7,9-12,14-15,24H,3,8,13,16-17H2,(H,29,31)(H2,28,30,32). The summed E-state index contributed by atoms with van der Waals surface area (Å²) < 4.78 is 11.3. The third-order valence-corrected chi connectivity index (χ3v) is 5.54. The molecule has 0 bridgehead atoms. The van der Waals surface area contributed by atoms with E-state index >= 15 is 0 Å². The second kappa shape index (κ2) is 11.5. The number of amides is 3. The molecule has 3 aromatic rings. The Morgan fingerprint density at radius 3 is 2.47 bits per heavy atom. The van der Waals surface area contributed by atoms with Gasteiger partial charge in [0, 0.05) is 35.1 Å². The minimum absolute atomic E-state index is 0.0871. The van der Waals surface area contributed by atoms with E-state index in [-0.39, 0.29) is 18.0 Å². The molecule has 4 rings (SSSR count). The number of carbonyl (C=O) groups excluding carboxylic acids is 2. The maximum absolute atomic E-state index is 12.7. The number of hydrogen-bond acceptors (Lipinski definition) is 4. The smallest absolute Gasteiger partial charge is 0.319 e. The molecule has 1 fully saturated rings. The molecular weight excluding hydrogens is 454 g/mol. The molecule has 34 heavy (non-hydrogen) atoms. The fourth-order valence-corrected chi connectivity index (χ4v) is 3.76. The van der Waals surface area contributed by atoms with Crippen LogP contribution in [0.15, 0.2) is 72.8 Å². The zero-order valence-electron chi connectivity index (χ0n) is 18.6. The van der Waals surface area contributed by atoms with Gasteiger partial charge in [-0.1, -0.05) is 29.8 Å². The summed E-state index contributed by atoms with van der Waals surface area (Å²) in [5, 5.41) is 9.08. The molecule has 0 spiro atoms. The highest BCUT2D eigenvalue weighted by molar-refractivity contribution is 6.30. The summed E-state index contributed by atoms with van der Waals surface area (Å²) in [6, 6.07) is 21.0. The van der Waals surface area contributed by atoms with Crippen LogP contribution < -0.4 is 20.7 Å². The summed E-state index contributed by atoms with van der Waals surface area (Å²) in [7, 11) is 0. The van der Waals surface area contributed by atoms with Gasteiger partial charge >= 0.3 is 6.03 Å². The van der Waals surface area contributed by atoms with E-state index in [9.17, 15) is 9.59 Å². The van der Waals surface area contributed by atoms with Crippen molar-refractivity contribution in [3.05, 3.63) is 88.9 Å². The first-order valence-electron chi connectivity index (χ1n) is 11.1. The van der Waals surface area contributed by atoms with E-state index in [1.54, 1.807) is 54.6 Å². The summed E-state index contributed by atoms with van der Waals surface area (Å²) in [5.74, 6) is 0.324. The van der Waals surface area contributed by atoms with Crippen molar-refractivity contribution < 1.29 is 19.1 Å². The van der Waals surface area contributed by atoms with Crippen molar-refractivity contribution in [3.63, 3.8) is 0 Å². The maximum Gasteiger partial charge on any atom is 0.319 e. The highest BCUT2D eigenvalue weighted by Gasteiger charge is 2.16. The summed E-state index contributed by atoms with van der Waals surface area (Å²) in [4.78, 5) is 24.7. The lowest BCUT2D eigenvalue weighted by atomic mass is 10.2. The van der Waals surface area contributed by atoms with Gasteiger partial charge in [-0.3, -0.25) is 4.79 Å². The van der Waals surface area contributed by atoms with E-state index in [2.05, 4.69) is 16.0 Å². The van der Waals surface area contributed by atoms with Crippen molar-refractivity contribution >= 4 is 34.9 Å². The molecule has 0 aromatic heterocycles. The van der Waals surface area contributed by atoms with Gasteiger partial charge in [0.25, 0.3) is 5.91 Å². The summed E-state index contributed by atoms with van der Waals surface area (Å²) in [5.41, 5.74) is 2.65. The van der Waals surface area contributed by atoms with Crippen molar-refractivity contribution in [1.29, 1.82) is 0 Å². The summed E-state index contributed by atoms with van der Waals surface area (Å²) in [6.07, 6.45) is 2.08. The summed E-state index contributed by atoms with van der Waals surface area (Å²) in [6.45, 7) is 1.59. The van der Waals surface area contributed by atoms with Gasteiger partial charge in [0.2, 0.25) is 0 Å². The van der Waals surface area contributed by atoms with Gasteiger partial charge in [0.05, 0.1) is 6.10 Å². The topological polar surface area (TPSA) is 88.7 Å². The number of anilines is 2. The van der Waals surface area contributed by atoms with E-state index in [4.69, 9.17) is 21.1 Å². The Hall–Kier alpha value is -3.55. The van der Waals surface area contributed by atoms with Gasteiger partial charge in [-0.25, -0.2) is 4.79 Å². The highest BCUT2D eigenvalue weighted by Crippen LogP contribution is 2.19. The van der Waals surface area contributed by atoms with Gasteiger partial charge < -0.3 is 25.4 Å². The predicted molar refractivity (Wildman–Crippen MR) is 133 cm³/mol. The SMILES string of the molecule is O=C(NCC1CCCO1)Nc1ccc(NC(=O)c2cccc(OCc3cccc(Cl)c3)c2)cc1. The predicted octanol–water partition coefficient (Wildman–Crippen LogP) is 5.47. The molecule has 1 heterocycles. The van der Waals surface area contributed by atoms with Crippen molar-refractivity contribution in [2.24, 2.45) is 0 Å². The molecule has 7 nitrogen and oxygen atoms in total. The van der Waals surface area contributed by atoms with E-state index in [1.807, 2.05) is 18.2 Å². The number of halogens is 1. The third kappa shape index (κ3) is 6.97. The fraction of sp³-hybridized carbons (Fsp3) is 0.231. The Labute approximate surface area is 203 Å². The van der Waals surface area contributed by atoms with Crippen LogP contribution in [-0.4, -0.2) is 31.2 Å². The molecular formula is C26H26ClN3O4. The first kappa shape index (κ1) is 23.6. The number of hydrogen-bond donors (Lipinski definition) is 3. The van der Waals surface area contributed by atoms with Crippen molar-refractivity contribution in [2.45, 2.75) is 25.6 Å². The van der Waals surface area contributed by atoms with Crippen LogP contribution in [0, 0.1) is 0 Å². The molecule has 176 valence electrons. The number of benzene rings is 3. The molecule has 1 atom stereocenters. The lowest BCUT2D eigenvalue weighted by molar-refractivity contribution is 0.102. The first-order chi connectivity index (χ1) is 16.5. The summed E-state index contributed by atoms with van der Waals surface area (Å²) >= 11 is 6.01. The Morgan fingerprint density at radius 1 is 0.971 bits per heavy atom. The third-order valence-electron chi connectivity index (χ3n) is 5.31. The van der Waals surface area contributed by atoms with Crippen LogP contribution in [-0.2, 0) is 11.3 Å². The van der Waals surface area contributed by atoms with E-state index < -0.39 is 0 Å². The molecule has 0 aliphatic carbocycles. The Kier molecular flexibility index (Phi) is 8.01. The molecule has 1 unspecified atom stereocenters. The van der Waals surface area contributed by atoms with Crippen molar-refractivity contribution in [3.8, 4) is 5.75 Å². The molecule has 0 radical (unpaired) electrons. The molecule has 1 saturated heterocycles. The van der Waals surface area contributed by atoms with E-state index in [0.29, 0.717) is 40.9 Å². The minimum atomic E-state index is -0.290. The van der Waals surface area contributed by atoms with Gasteiger partial charge in [0.15, 0.2) is 0 Å². The largest absolute Gasteiger partial charge is 0.489 e. The first-order valence-corrected chi connectivity index (χ1v) is 11.5. The van der Waals surface area contributed by atoms with Gasteiger partial charge in [0.1, 0.15) is 12.4 Å². The molecule has 1 aliphatic rings. The van der Waals surface area contributed by atoms with Crippen LogP contribution >= 0.6 is 11.6 Å². The number of carbonyl (C=O) groups is 2. The van der Waals surface area contributed by atoms with E-state index in [0.717, 1.165) is 25.0 Å². The molecule has 8 heteroatoms. The van der Waals surface area contributed by atoms with Crippen LogP contribution in [0.3, 0.4) is 0 Å². The number of nitrogens with one attached hydrogen (secondary N) is 3. The lowest BCUT2D eigenvalue weighted by Gasteiger charge is -2.12. The van der Waals surface area contributed by atoms with Gasteiger partial charge in [-0.2, -0.15) is 0 Å². The van der Waals surface area contributed by atoms with E-state index in [1.165, 1.54) is 0 Å². The average molecular weight is 480 g/mol. The highest BCUT2D eigenvalue weighted by atomic mass is 35.5. The van der Waals surface area contributed by atoms with Crippen LogP contribution in [0.2, 0.25) is 5.02 Å². The zero-order valence-corrected chi connectivity index (χ0v) is 19.3. The number of rotatable bonds is 8. The molecule has 3 amide bonds. The molecule has 3 aromatic carbocycles. The number of urea groups is 1. The maximum atomic E-state index is 12.7. The second-order valence-corrected chi connectivity index (χ2v) is 8.38. The Morgan fingerprint density at radius 2 is 1.74 bits per heavy atom. The molecule has 3 N–H and O–H groups in total. The monoisotopic (exact) mass is 479 g/mol. The quantitative estimate of drug-likeness (QED) is 0.399. The van der Waals surface area contributed by atoms with Crippen molar-refractivity contribution in [2.75, 3.05) is 23.8 Å². The van der Waals surface area contributed by atoms with Gasteiger partial charge in [-0.15, -0.1) is 0 Å². The minimum Gasteiger partial charge on any atom is -0.489 e. The lowest BCUT2D eigenvalue weighted by Crippen LogP contribution is -2.35. The number of ether oxygens (including phenoxy) is 2. The van der Waals surface area contributed by atoms with Crippen LogP contribution in [0.5, 0.6) is 5.75 Å². The van der Waals surface area contributed by atoms with Crippen molar-refractivity contribution in [1.82, 2.24) is 5.32 Å².